The number of nitrogens with zero attached hydrogens (tertiary/aromatic N) is 2. The second kappa shape index (κ2) is 3.52. The van der Waals surface area contributed by atoms with E-state index in [1.807, 2.05) is 6.07 Å². The quantitative estimate of drug-likeness (QED) is 0.659. The Morgan fingerprint density at radius 1 is 1.43 bits per heavy atom. The van der Waals surface area contributed by atoms with Gasteiger partial charge in [-0.05, 0) is 33.6 Å². The molecule has 5 heteroatoms. The second-order valence-corrected chi connectivity index (χ2v) is 7.16. The SMILES string of the molecule is CC(C)(C)S(=O)(=O)N1CCCC1C#N. The van der Waals surface area contributed by atoms with Gasteiger partial charge in [0, 0.05) is 6.54 Å². The zero-order valence-electron chi connectivity index (χ0n) is 8.82. The maximum Gasteiger partial charge on any atom is 0.220 e. The molecule has 0 N–H and O–H groups in total. The Bertz CT molecular complexity index is 348. The first-order valence-corrected chi connectivity index (χ1v) is 6.16. The number of nitriles is 1. The van der Waals surface area contributed by atoms with Crippen LogP contribution in [0.1, 0.15) is 33.6 Å². The van der Waals surface area contributed by atoms with E-state index in [0.29, 0.717) is 13.0 Å². The zero-order chi connectivity index (χ0) is 11.0. The molecule has 0 aliphatic carbocycles. The lowest BCUT2D eigenvalue weighted by molar-refractivity contribution is 0.417. The maximum atomic E-state index is 12.0. The molecule has 1 heterocycles. The molecule has 1 saturated heterocycles. The molecule has 0 aromatic heterocycles. The molecule has 0 amide bonds. The summed E-state index contributed by atoms with van der Waals surface area (Å²) < 4.78 is 24.5. The fourth-order valence-corrected chi connectivity index (χ4v) is 3.07. The van der Waals surface area contributed by atoms with Crippen LogP contribution in [-0.4, -0.2) is 30.1 Å². The van der Waals surface area contributed by atoms with Crippen molar-refractivity contribution in [2.45, 2.75) is 44.4 Å². The van der Waals surface area contributed by atoms with E-state index in [0.717, 1.165) is 6.42 Å². The largest absolute Gasteiger partial charge is 0.220 e. The third kappa shape index (κ3) is 1.77. The summed E-state index contributed by atoms with van der Waals surface area (Å²) in [5.74, 6) is 0. The molecule has 1 fully saturated rings. The van der Waals surface area contributed by atoms with Crippen molar-refractivity contribution in [2.24, 2.45) is 0 Å². The van der Waals surface area contributed by atoms with E-state index in [4.69, 9.17) is 5.26 Å². The first-order chi connectivity index (χ1) is 6.30. The van der Waals surface area contributed by atoms with Crippen molar-refractivity contribution in [1.82, 2.24) is 4.31 Å². The Morgan fingerprint density at radius 3 is 2.43 bits per heavy atom. The highest BCUT2D eigenvalue weighted by molar-refractivity contribution is 7.90. The van der Waals surface area contributed by atoms with Gasteiger partial charge in [-0.1, -0.05) is 0 Å². The molecule has 1 rings (SSSR count). The summed E-state index contributed by atoms with van der Waals surface area (Å²) in [5, 5.41) is 8.81. The van der Waals surface area contributed by atoms with Crippen LogP contribution >= 0.6 is 0 Å². The fraction of sp³-hybridized carbons (Fsp3) is 0.889. The topological polar surface area (TPSA) is 61.2 Å². The van der Waals surface area contributed by atoms with Crippen molar-refractivity contribution in [3.05, 3.63) is 0 Å². The number of hydrogen-bond acceptors (Lipinski definition) is 3. The van der Waals surface area contributed by atoms with E-state index in [9.17, 15) is 8.42 Å². The molecule has 0 aromatic carbocycles. The van der Waals surface area contributed by atoms with Crippen LogP contribution in [0.4, 0.5) is 0 Å². The van der Waals surface area contributed by atoms with Crippen molar-refractivity contribution in [3.63, 3.8) is 0 Å². The summed E-state index contributed by atoms with van der Waals surface area (Å²) in [6.45, 7) is 5.47. The minimum Gasteiger partial charge on any atom is -0.212 e. The molecule has 1 atom stereocenters. The van der Waals surface area contributed by atoms with E-state index in [1.54, 1.807) is 20.8 Å². The molecular weight excluding hydrogens is 200 g/mol. The van der Waals surface area contributed by atoms with Gasteiger partial charge in [-0.15, -0.1) is 0 Å². The van der Waals surface area contributed by atoms with Gasteiger partial charge in [-0.3, -0.25) is 0 Å². The van der Waals surface area contributed by atoms with Gasteiger partial charge >= 0.3 is 0 Å². The lowest BCUT2D eigenvalue weighted by Crippen LogP contribution is -2.44. The maximum absolute atomic E-state index is 12.0. The highest BCUT2D eigenvalue weighted by Crippen LogP contribution is 2.27. The summed E-state index contributed by atoms with van der Waals surface area (Å²) in [7, 11) is -3.33. The van der Waals surface area contributed by atoms with Gasteiger partial charge in [0.2, 0.25) is 10.0 Å². The van der Waals surface area contributed by atoms with Crippen molar-refractivity contribution >= 4 is 10.0 Å². The normalized spacial score (nSPS) is 24.9. The molecule has 0 radical (unpaired) electrons. The Labute approximate surface area is 85.6 Å². The van der Waals surface area contributed by atoms with Crippen molar-refractivity contribution < 1.29 is 8.42 Å². The molecule has 0 aromatic rings. The van der Waals surface area contributed by atoms with E-state index < -0.39 is 20.8 Å². The van der Waals surface area contributed by atoms with Gasteiger partial charge in [0.15, 0.2) is 0 Å². The number of hydrogen-bond donors (Lipinski definition) is 0. The highest BCUT2D eigenvalue weighted by atomic mass is 32.2. The van der Waals surface area contributed by atoms with Gasteiger partial charge < -0.3 is 0 Å². The minimum atomic E-state index is -3.33. The Morgan fingerprint density at radius 2 is 2.00 bits per heavy atom. The molecule has 0 spiro atoms. The smallest absolute Gasteiger partial charge is 0.212 e. The standard InChI is InChI=1S/C9H16N2O2S/c1-9(2,3)14(12,13)11-6-4-5-8(11)7-10/h8H,4-6H2,1-3H3. The van der Waals surface area contributed by atoms with Crippen LogP contribution in [0.3, 0.4) is 0 Å². The lowest BCUT2D eigenvalue weighted by Gasteiger charge is -2.28. The average molecular weight is 216 g/mol. The average Bonchev–Trinajstić information content (AvgIpc) is 2.49. The summed E-state index contributed by atoms with van der Waals surface area (Å²) in [6.07, 6.45) is 1.44. The molecular formula is C9H16N2O2S. The highest BCUT2D eigenvalue weighted by Gasteiger charge is 2.41. The molecule has 1 aliphatic heterocycles. The van der Waals surface area contributed by atoms with Gasteiger partial charge in [0.25, 0.3) is 0 Å². The Hall–Kier alpha value is -0.600. The van der Waals surface area contributed by atoms with E-state index in [2.05, 4.69) is 0 Å². The van der Waals surface area contributed by atoms with Crippen LogP contribution < -0.4 is 0 Å². The minimum absolute atomic E-state index is 0.459. The van der Waals surface area contributed by atoms with E-state index >= 15 is 0 Å². The van der Waals surface area contributed by atoms with Crippen LogP contribution in [0.2, 0.25) is 0 Å². The summed E-state index contributed by atoms with van der Waals surface area (Å²) in [4.78, 5) is 0. The summed E-state index contributed by atoms with van der Waals surface area (Å²) in [6, 6.07) is 1.58. The molecule has 4 nitrogen and oxygen atoms in total. The third-order valence-electron chi connectivity index (χ3n) is 2.44. The van der Waals surface area contributed by atoms with Crippen LogP contribution in [0.15, 0.2) is 0 Å². The summed E-state index contributed by atoms with van der Waals surface area (Å²) in [5.41, 5.74) is 0. The van der Waals surface area contributed by atoms with Gasteiger partial charge in [0.1, 0.15) is 6.04 Å². The first kappa shape index (κ1) is 11.5. The van der Waals surface area contributed by atoms with Gasteiger partial charge in [-0.25, -0.2) is 8.42 Å². The second-order valence-electron chi connectivity index (χ2n) is 4.52. The monoisotopic (exact) mass is 216 g/mol. The molecule has 14 heavy (non-hydrogen) atoms. The van der Waals surface area contributed by atoms with E-state index in [-0.39, 0.29) is 0 Å². The van der Waals surface area contributed by atoms with Crippen LogP contribution in [0.5, 0.6) is 0 Å². The third-order valence-corrected chi connectivity index (χ3v) is 5.04. The van der Waals surface area contributed by atoms with Crippen LogP contribution in [0, 0.1) is 11.3 Å². The molecule has 0 bridgehead atoms. The summed E-state index contributed by atoms with van der Waals surface area (Å²) >= 11 is 0. The van der Waals surface area contributed by atoms with Gasteiger partial charge in [0.05, 0.1) is 10.8 Å². The predicted molar refractivity (Wildman–Crippen MR) is 54.0 cm³/mol. The molecule has 0 saturated carbocycles. The lowest BCUT2D eigenvalue weighted by atomic mass is 10.2. The van der Waals surface area contributed by atoms with Crippen LogP contribution in [0.25, 0.3) is 0 Å². The Kier molecular flexibility index (Phi) is 2.88. The van der Waals surface area contributed by atoms with Crippen molar-refractivity contribution in [1.29, 1.82) is 5.26 Å². The number of rotatable bonds is 1. The molecule has 1 unspecified atom stereocenters. The number of sulfonamides is 1. The predicted octanol–water partition coefficient (Wildman–Crippen LogP) is 1.10. The van der Waals surface area contributed by atoms with Crippen molar-refractivity contribution in [2.75, 3.05) is 6.54 Å². The molecule has 1 aliphatic rings. The Balaban J connectivity index is 3.01. The first-order valence-electron chi connectivity index (χ1n) is 4.71. The fourth-order valence-electron chi connectivity index (χ4n) is 1.51. The van der Waals surface area contributed by atoms with E-state index in [1.165, 1.54) is 4.31 Å². The zero-order valence-corrected chi connectivity index (χ0v) is 9.63. The van der Waals surface area contributed by atoms with Crippen molar-refractivity contribution in [3.8, 4) is 6.07 Å². The van der Waals surface area contributed by atoms with Crippen LogP contribution in [-0.2, 0) is 10.0 Å². The molecule has 80 valence electrons. The van der Waals surface area contributed by atoms with Gasteiger partial charge in [-0.2, -0.15) is 9.57 Å².